The topological polar surface area (TPSA) is 82.9 Å². The van der Waals surface area contributed by atoms with Crippen LogP contribution in [-0.2, 0) is 14.8 Å². The number of nitrogens with one attached hydrogen (secondary N) is 1. The number of amides is 1. The Hall–Kier alpha value is -1.38. The molecular formula is C14H23N3O4S. The second kappa shape index (κ2) is 6.80. The van der Waals surface area contributed by atoms with Crippen LogP contribution in [0.3, 0.4) is 0 Å². The number of hydrogen-bond acceptors (Lipinski definition) is 5. The molecule has 0 radical (unpaired) electrons. The fourth-order valence-electron chi connectivity index (χ4n) is 2.73. The summed E-state index contributed by atoms with van der Waals surface area (Å²) in [5.74, 6) is 0.512. The van der Waals surface area contributed by atoms with Gasteiger partial charge in [0.25, 0.3) is 0 Å². The van der Waals surface area contributed by atoms with E-state index in [1.807, 2.05) is 25.1 Å². The van der Waals surface area contributed by atoms with Crippen molar-refractivity contribution in [2.75, 3.05) is 33.4 Å². The average molecular weight is 329 g/mol. The number of nitrogens with zero attached hydrogens (tertiary/aromatic N) is 2. The number of likely N-dealkylation sites (N-methyl/N-ethyl adjacent to an activating group) is 1. The highest BCUT2D eigenvalue weighted by Crippen LogP contribution is 2.21. The maximum atomic E-state index is 12.3. The highest BCUT2D eigenvalue weighted by atomic mass is 32.2. The van der Waals surface area contributed by atoms with Gasteiger partial charge in [-0.25, -0.2) is 8.42 Å². The minimum atomic E-state index is -3.35. The molecule has 0 aromatic carbocycles. The van der Waals surface area contributed by atoms with Gasteiger partial charge < -0.3 is 9.73 Å². The molecule has 2 rings (SSSR count). The molecule has 2 heterocycles. The number of rotatable bonds is 6. The van der Waals surface area contributed by atoms with Crippen molar-refractivity contribution < 1.29 is 17.6 Å². The minimum absolute atomic E-state index is 0.0907. The van der Waals surface area contributed by atoms with Crippen LogP contribution in [-0.4, -0.2) is 63.0 Å². The van der Waals surface area contributed by atoms with Gasteiger partial charge in [-0.3, -0.25) is 9.69 Å². The third-order valence-corrected chi connectivity index (χ3v) is 5.19. The molecule has 1 fully saturated rings. The van der Waals surface area contributed by atoms with Gasteiger partial charge in [0.15, 0.2) is 0 Å². The normalized spacial score (nSPS) is 21.2. The van der Waals surface area contributed by atoms with Gasteiger partial charge in [0.2, 0.25) is 15.9 Å². The third kappa shape index (κ3) is 3.88. The van der Waals surface area contributed by atoms with E-state index in [1.54, 1.807) is 12.3 Å². The van der Waals surface area contributed by atoms with Crippen molar-refractivity contribution in [2.45, 2.75) is 24.9 Å². The molecule has 1 aromatic heterocycles. The lowest BCUT2D eigenvalue weighted by Gasteiger charge is -2.25. The maximum Gasteiger partial charge on any atom is 0.238 e. The lowest BCUT2D eigenvalue weighted by atomic mass is 10.2. The predicted molar refractivity (Wildman–Crippen MR) is 82.7 cm³/mol. The van der Waals surface area contributed by atoms with Crippen molar-refractivity contribution >= 4 is 15.9 Å². The van der Waals surface area contributed by atoms with Crippen molar-refractivity contribution in [1.29, 1.82) is 0 Å². The second-order valence-corrected chi connectivity index (χ2v) is 7.71. The molecule has 0 bridgehead atoms. The predicted octanol–water partition coefficient (Wildman–Crippen LogP) is 0.423. The Kier molecular flexibility index (Phi) is 5.25. The number of carbonyl (C=O) groups excluding carboxylic acids is 1. The zero-order valence-corrected chi connectivity index (χ0v) is 14.0. The van der Waals surface area contributed by atoms with Crippen LogP contribution in [0, 0.1) is 0 Å². The number of furan rings is 1. The molecule has 7 nitrogen and oxygen atoms in total. The molecular weight excluding hydrogens is 306 g/mol. The average Bonchev–Trinajstić information content (AvgIpc) is 3.08. The van der Waals surface area contributed by atoms with Crippen LogP contribution >= 0.6 is 0 Å². The summed E-state index contributed by atoms with van der Waals surface area (Å²) >= 11 is 0. The molecule has 1 saturated heterocycles. The van der Waals surface area contributed by atoms with Crippen molar-refractivity contribution in [2.24, 2.45) is 0 Å². The molecule has 0 saturated carbocycles. The van der Waals surface area contributed by atoms with Gasteiger partial charge in [0.05, 0.1) is 18.6 Å². The van der Waals surface area contributed by atoms with Crippen molar-refractivity contribution in [1.82, 2.24) is 14.5 Å². The van der Waals surface area contributed by atoms with Crippen molar-refractivity contribution in [3.05, 3.63) is 24.2 Å². The molecule has 2 atom stereocenters. The van der Waals surface area contributed by atoms with Gasteiger partial charge in [-0.2, -0.15) is 4.31 Å². The Morgan fingerprint density at radius 1 is 1.55 bits per heavy atom. The van der Waals surface area contributed by atoms with E-state index in [4.69, 9.17) is 4.42 Å². The van der Waals surface area contributed by atoms with Crippen LogP contribution in [0.4, 0.5) is 0 Å². The smallest absolute Gasteiger partial charge is 0.238 e. The Morgan fingerprint density at radius 2 is 2.27 bits per heavy atom. The standard InChI is InChI=1S/C14H23N3O4S/c1-16(2)12(13-7-5-9-21-13)10-15-14(18)11-6-4-8-17(11)22(3,19)20/h5,7,9,11-12H,4,6,8,10H2,1-3H3,(H,15,18)/t11-,12+/m1/s1. The van der Waals surface area contributed by atoms with Crippen LogP contribution < -0.4 is 5.32 Å². The first-order chi connectivity index (χ1) is 10.3. The molecule has 0 aliphatic carbocycles. The van der Waals surface area contributed by atoms with Gasteiger partial charge in [-0.1, -0.05) is 0 Å². The van der Waals surface area contributed by atoms with Crippen molar-refractivity contribution in [3.63, 3.8) is 0 Å². The molecule has 1 aliphatic heterocycles. The Labute approximate surface area is 131 Å². The third-order valence-electron chi connectivity index (χ3n) is 3.90. The Bertz CT molecular complexity index is 598. The number of sulfonamides is 1. The summed E-state index contributed by atoms with van der Waals surface area (Å²) in [6, 6.07) is 2.96. The van der Waals surface area contributed by atoms with E-state index in [0.717, 1.165) is 12.0 Å². The summed E-state index contributed by atoms with van der Waals surface area (Å²) < 4.78 is 30.1. The molecule has 8 heteroatoms. The van der Waals surface area contributed by atoms with Crippen LogP contribution in [0.5, 0.6) is 0 Å². The molecule has 1 N–H and O–H groups in total. The number of carbonyl (C=O) groups is 1. The van der Waals surface area contributed by atoms with Gasteiger partial charge in [0.1, 0.15) is 11.8 Å². The number of hydrogen-bond donors (Lipinski definition) is 1. The van der Waals surface area contributed by atoms with E-state index in [0.29, 0.717) is 25.9 Å². The van der Waals surface area contributed by atoms with E-state index in [-0.39, 0.29) is 11.9 Å². The second-order valence-electron chi connectivity index (χ2n) is 5.77. The Morgan fingerprint density at radius 3 is 2.82 bits per heavy atom. The van der Waals surface area contributed by atoms with Crippen LogP contribution in [0.25, 0.3) is 0 Å². The summed E-state index contributed by atoms with van der Waals surface area (Å²) in [7, 11) is 0.450. The summed E-state index contributed by atoms with van der Waals surface area (Å²) in [6.45, 7) is 0.777. The van der Waals surface area contributed by atoms with Crippen molar-refractivity contribution in [3.8, 4) is 0 Å². The van der Waals surface area contributed by atoms with E-state index >= 15 is 0 Å². The van der Waals surface area contributed by atoms with E-state index in [2.05, 4.69) is 5.32 Å². The van der Waals surface area contributed by atoms with Crippen LogP contribution in [0.1, 0.15) is 24.6 Å². The molecule has 0 spiro atoms. The maximum absolute atomic E-state index is 12.3. The van der Waals surface area contributed by atoms with E-state index in [9.17, 15) is 13.2 Å². The first-order valence-electron chi connectivity index (χ1n) is 7.25. The Balaban J connectivity index is 1.99. The molecule has 0 unspecified atom stereocenters. The fraction of sp³-hybridized carbons (Fsp3) is 0.643. The summed E-state index contributed by atoms with van der Waals surface area (Å²) in [5.41, 5.74) is 0. The first kappa shape index (κ1) is 17.0. The quantitative estimate of drug-likeness (QED) is 0.818. The summed E-state index contributed by atoms with van der Waals surface area (Å²) in [5, 5.41) is 2.85. The molecule has 1 amide bonds. The van der Waals surface area contributed by atoms with Crippen LogP contribution in [0.15, 0.2) is 22.8 Å². The van der Waals surface area contributed by atoms with E-state index in [1.165, 1.54) is 4.31 Å². The molecule has 1 aliphatic rings. The fourth-order valence-corrected chi connectivity index (χ4v) is 3.86. The zero-order valence-electron chi connectivity index (χ0n) is 13.2. The van der Waals surface area contributed by atoms with Gasteiger partial charge in [-0.15, -0.1) is 0 Å². The van der Waals surface area contributed by atoms with Gasteiger partial charge in [-0.05, 0) is 39.1 Å². The van der Waals surface area contributed by atoms with Gasteiger partial charge in [0, 0.05) is 13.1 Å². The molecule has 124 valence electrons. The minimum Gasteiger partial charge on any atom is -0.468 e. The monoisotopic (exact) mass is 329 g/mol. The molecule has 22 heavy (non-hydrogen) atoms. The lowest BCUT2D eigenvalue weighted by Crippen LogP contribution is -2.47. The zero-order chi connectivity index (χ0) is 16.3. The molecule has 1 aromatic rings. The van der Waals surface area contributed by atoms with E-state index < -0.39 is 16.1 Å². The van der Waals surface area contributed by atoms with Crippen LogP contribution in [0.2, 0.25) is 0 Å². The highest BCUT2D eigenvalue weighted by molar-refractivity contribution is 7.88. The highest BCUT2D eigenvalue weighted by Gasteiger charge is 2.36. The SMILES string of the molecule is CN(C)[C@@H](CNC(=O)[C@H]1CCCN1S(C)(=O)=O)c1ccco1. The lowest BCUT2D eigenvalue weighted by molar-refractivity contribution is -0.124. The first-order valence-corrected chi connectivity index (χ1v) is 9.10. The summed E-state index contributed by atoms with van der Waals surface area (Å²) in [4.78, 5) is 14.3. The van der Waals surface area contributed by atoms with Gasteiger partial charge >= 0.3 is 0 Å². The largest absolute Gasteiger partial charge is 0.468 e. The summed E-state index contributed by atoms with van der Waals surface area (Å²) in [6.07, 6.45) is 4.01.